The van der Waals surface area contributed by atoms with E-state index in [0.29, 0.717) is 0 Å². The van der Waals surface area contributed by atoms with Gasteiger partial charge in [-0.25, -0.2) is 0 Å². The summed E-state index contributed by atoms with van der Waals surface area (Å²) in [6.07, 6.45) is 1.03. The number of para-hydroxylation sites is 1. The Balaban J connectivity index is 1.97. The molecular formula is C16H23NO2. The van der Waals surface area contributed by atoms with Crippen molar-refractivity contribution in [2.24, 2.45) is 0 Å². The quantitative estimate of drug-likeness (QED) is 0.769. The summed E-state index contributed by atoms with van der Waals surface area (Å²) >= 11 is 0. The minimum atomic E-state index is 0.231. The molecule has 0 saturated carbocycles. The van der Waals surface area contributed by atoms with Crippen molar-refractivity contribution in [2.45, 2.75) is 33.2 Å². The van der Waals surface area contributed by atoms with Crippen molar-refractivity contribution < 1.29 is 9.15 Å². The molecule has 1 heterocycles. The standard InChI is InChI=1S/C16H23NO2/c1-4-18-11-7-10-17-13(3)16-12(2)14-8-5-6-9-15(14)19-16/h5-6,8-9,13,17H,4,7,10-11H2,1-3H3. The minimum Gasteiger partial charge on any atom is -0.459 e. The van der Waals surface area contributed by atoms with E-state index in [2.05, 4.69) is 31.3 Å². The van der Waals surface area contributed by atoms with E-state index in [1.165, 1.54) is 10.9 Å². The number of aryl methyl sites for hydroxylation is 1. The molecule has 1 unspecified atom stereocenters. The minimum absolute atomic E-state index is 0.231. The van der Waals surface area contributed by atoms with Crippen LogP contribution in [0.15, 0.2) is 28.7 Å². The molecule has 3 nitrogen and oxygen atoms in total. The van der Waals surface area contributed by atoms with Crippen LogP contribution in [0.3, 0.4) is 0 Å². The lowest BCUT2D eigenvalue weighted by Gasteiger charge is -2.12. The SMILES string of the molecule is CCOCCCNC(C)c1oc2ccccc2c1C. The zero-order chi connectivity index (χ0) is 13.7. The monoisotopic (exact) mass is 261 g/mol. The average Bonchev–Trinajstić information content (AvgIpc) is 2.76. The van der Waals surface area contributed by atoms with Gasteiger partial charge in [0, 0.05) is 18.6 Å². The molecule has 1 atom stereocenters. The van der Waals surface area contributed by atoms with Gasteiger partial charge in [-0.1, -0.05) is 18.2 Å². The van der Waals surface area contributed by atoms with Crippen LogP contribution >= 0.6 is 0 Å². The summed E-state index contributed by atoms with van der Waals surface area (Å²) in [5.74, 6) is 1.04. The smallest absolute Gasteiger partial charge is 0.134 e. The number of fused-ring (bicyclic) bond motifs is 1. The number of hydrogen-bond acceptors (Lipinski definition) is 3. The van der Waals surface area contributed by atoms with Crippen LogP contribution in [-0.2, 0) is 4.74 Å². The molecule has 1 aromatic heterocycles. The molecule has 1 N–H and O–H groups in total. The Bertz CT molecular complexity index is 518. The molecule has 1 aromatic carbocycles. The van der Waals surface area contributed by atoms with Gasteiger partial charge in [0.2, 0.25) is 0 Å². The van der Waals surface area contributed by atoms with E-state index in [-0.39, 0.29) is 6.04 Å². The molecule has 0 aliphatic rings. The van der Waals surface area contributed by atoms with Gasteiger partial charge < -0.3 is 14.5 Å². The molecule has 104 valence electrons. The average molecular weight is 261 g/mol. The van der Waals surface area contributed by atoms with Gasteiger partial charge in [0.25, 0.3) is 0 Å². The van der Waals surface area contributed by atoms with Crippen LogP contribution < -0.4 is 5.32 Å². The third kappa shape index (κ3) is 3.37. The lowest BCUT2D eigenvalue weighted by Crippen LogP contribution is -2.21. The van der Waals surface area contributed by atoms with Crippen LogP contribution in [0.5, 0.6) is 0 Å². The Hall–Kier alpha value is -1.32. The lowest BCUT2D eigenvalue weighted by atomic mass is 10.1. The maximum absolute atomic E-state index is 5.95. The van der Waals surface area contributed by atoms with E-state index in [0.717, 1.165) is 37.5 Å². The highest BCUT2D eigenvalue weighted by Gasteiger charge is 2.15. The van der Waals surface area contributed by atoms with Crippen molar-refractivity contribution in [1.29, 1.82) is 0 Å². The Morgan fingerprint density at radius 1 is 1.32 bits per heavy atom. The highest BCUT2D eigenvalue weighted by Crippen LogP contribution is 2.28. The molecule has 0 radical (unpaired) electrons. The van der Waals surface area contributed by atoms with E-state index in [1.54, 1.807) is 0 Å². The number of nitrogens with one attached hydrogen (secondary N) is 1. The van der Waals surface area contributed by atoms with Crippen LogP contribution in [-0.4, -0.2) is 19.8 Å². The molecule has 0 spiro atoms. The normalized spacial score (nSPS) is 13.0. The van der Waals surface area contributed by atoms with Gasteiger partial charge in [-0.15, -0.1) is 0 Å². The maximum atomic E-state index is 5.95. The van der Waals surface area contributed by atoms with Crippen LogP contribution in [0.1, 0.15) is 37.6 Å². The first-order chi connectivity index (χ1) is 9.24. The van der Waals surface area contributed by atoms with Gasteiger partial charge in [-0.05, 0) is 45.4 Å². The maximum Gasteiger partial charge on any atom is 0.134 e. The third-order valence-electron chi connectivity index (χ3n) is 3.39. The second-order valence-electron chi connectivity index (χ2n) is 4.81. The van der Waals surface area contributed by atoms with Gasteiger partial charge >= 0.3 is 0 Å². The lowest BCUT2D eigenvalue weighted by molar-refractivity contribution is 0.144. The second kappa shape index (κ2) is 6.73. The molecule has 0 saturated heterocycles. The van der Waals surface area contributed by atoms with Crippen molar-refractivity contribution in [3.05, 3.63) is 35.6 Å². The molecule has 0 fully saturated rings. The van der Waals surface area contributed by atoms with Gasteiger partial charge in [-0.3, -0.25) is 0 Å². The summed E-state index contributed by atoms with van der Waals surface area (Å²) in [5.41, 5.74) is 2.21. The van der Waals surface area contributed by atoms with Crippen LogP contribution in [0.4, 0.5) is 0 Å². The fraction of sp³-hybridized carbons (Fsp3) is 0.500. The van der Waals surface area contributed by atoms with Gasteiger partial charge in [0.05, 0.1) is 6.04 Å². The van der Waals surface area contributed by atoms with E-state index >= 15 is 0 Å². The number of benzene rings is 1. The molecule has 0 aliphatic carbocycles. The number of furan rings is 1. The zero-order valence-electron chi connectivity index (χ0n) is 12.0. The molecule has 19 heavy (non-hydrogen) atoms. The van der Waals surface area contributed by atoms with Crippen molar-refractivity contribution in [3.63, 3.8) is 0 Å². The molecular weight excluding hydrogens is 238 g/mol. The van der Waals surface area contributed by atoms with E-state index in [4.69, 9.17) is 9.15 Å². The van der Waals surface area contributed by atoms with Gasteiger partial charge in [0.1, 0.15) is 11.3 Å². The van der Waals surface area contributed by atoms with Crippen LogP contribution in [0.2, 0.25) is 0 Å². The molecule has 3 heteroatoms. The predicted octanol–water partition coefficient (Wildman–Crippen LogP) is 3.82. The van der Waals surface area contributed by atoms with Gasteiger partial charge in [-0.2, -0.15) is 0 Å². The second-order valence-corrected chi connectivity index (χ2v) is 4.81. The first-order valence-corrected chi connectivity index (χ1v) is 7.03. The molecule has 0 bridgehead atoms. The Labute approximate surface area is 114 Å². The van der Waals surface area contributed by atoms with Crippen LogP contribution in [0, 0.1) is 6.92 Å². The van der Waals surface area contributed by atoms with Crippen molar-refractivity contribution in [3.8, 4) is 0 Å². The third-order valence-corrected chi connectivity index (χ3v) is 3.39. The zero-order valence-corrected chi connectivity index (χ0v) is 12.0. The van der Waals surface area contributed by atoms with E-state index < -0.39 is 0 Å². The molecule has 2 aromatic rings. The Kier molecular flexibility index (Phi) is 5.00. The predicted molar refractivity (Wildman–Crippen MR) is 78.5 cm³/mol. The van der Waals surface area contributed by atoms with E-state index in [9.17, 15) is 0 Å². The highest BCUT2D eigenvalue weighted by atomic mass is 16.5. The number of hydrogen-bond donors (Lipinski definition) is 1. The summed E-state index contributed by atoms with van der Waals surface area (Å²) in [4.78, 5) is 0. The number of ether oxygens (including phenoxy) is 1. The number of rotatable bonds is 7. The fourth-order valence-corrected chi connectivity index (χ4v) is 2.34. The Morgan fingerprint density at radius 2 is 2.11 bits per heavy atom. The van der Waals surface area contributed by atoms with E-state index in [1.807, 2.05) is 19.1 Å². The summed E-state index contributed by atoms with van der Waals surface area (Å²) in [6, 6.07) is 8.42. The molecule has 0 amide bonds. The highest BCUT2D eigenvalue weighted by molar-refractivity contribution is 5.82. The van der Waals surface area contributed by atoms with Crippen molar-refractivity contribution >= 4 is 11.0 Å². The Morgan fingerprint density at radius 3 is 2.84 bits per heavy atom. The largest absolute Gasteiger partial charge is 0.459 e. The van der Waals surface area contributed by atoms with Gasteiger partial charge in [0.15, 0.2) is 0 Å². The van der Waals surface area contributed by atoms with Crippen molar-refractivity contribution in [1.82, 2.24) is 5.32 Å². The van der Waals surface area contributed by atoms with Crippen LogP contribution in [0.25, 0.3) is 11.0 Å². The molecule has 2 rings (SSSR count). The first-order valence-electron chi connectivity index (χ1n) is 7.03. The summed E-state index contributed by atoms with van der Waals surface area (Å²) in [7, 11) is 0. The fourth-order valence-electron chi connectivity index (χ4n) is 2.34. The molecule has 0 aliphatic heterocycles. The summed E-state index contributed by atoms with van der Waals surface area (Å²) in [5, 5.41) is 4.69. The summed E-state index contributed by atoms with van der Waals surface area (Å²) in [6.45, 7) is 8.84. The summed E-state index contributed by atoms with van der Waals surface area (Å²) < 4.78 is 11.3. The van der Waals surface area contributed by atoms with Crippen molar-refractivity contribution in [2.75, 3.05) is 19.8 Å². The topological polar surface area (TPSA) is 34.4 Å². The first kappa shape index (κ1) is 14.1.